The molecule has 0 spiro atoms. The number of thiazole rings is 1. The first kappa shape index (κ1) is 16.9. The Morgan fingerprint density at radius 3 is 2.70 bits per heavy atom. The van der Waals surface area contributed by atoms with Crippen molar-refractivity contribution in [3.8, 4) is 0 Å². The fourth-order valence-electron chi connectivity index (χ4n) is 1.76. The molecule has 0 fully saturated rings. The summed E-state index contributed by atoms with van der Waals surface area (Å²) in [6, 6.07) is 0. The van der Waals surface area contributed by atoms with Crippen LogP contribution in [0.3, 0.4) is 0 Å². The van der Waals surface area contributed by atoms with Crippen molar-refractivity contribution in [1.82, 2.24) is 20.1 Å². The Bertz CT molecular complexity index is 754. The van der Waals surface area contributed by atoms with Gasteiger partial charge in [0.2, 0.25) is 5.69 Å². The van der Waals surface area contributed by atoms with Gasteiger partial charge in [0, 0.05) is 12.4 Å². The summed E-state index contributed by atoms with van der Waals surface area (Å²) in [6.45, 7) is 1.17. The molecule has 2 aromatic rings. The number of H-pyrrole nitrogens is 1. The minimum absolute atomic E-state index is 0.0584. The van der Waals surface area contributed by atoms with Crippen LogP contribution in [-0.2, 0) is 12.7 Å². The third-order valence-corrected chi connectivity index (χ3v) is 3.69. The summed E-state index contributed by atoms with van der Waals surface area (Å²) < 4.78 is 37.4. The molecule has 8 nitrogen and oxygen atoms in total. The molecule has 0 bridgehead atoms. The monoisotopic (exact) mass is 349 g/mol. The lowest BCUT2D eigenvalue weighted by atomic mass is 10.3. The average Bonchev–Trinajstić information content (AvgIpc) is 3.03. The number of alkyl halides is 3. The molecule has 1 amide bonds. The lowest BCUT2D eigenvalue weighted by molar-refractivity contribution is -0.385. The number of carbonyl (C=O) groups is 1. The van der Waals surface area contributed by atoms with Gasteiger partial charge in [-0.05, 0) is 6.92 Å². The van der Waals surface area contributed by atoms with Crippen LogP contribution in [0, 0.1) is 17.0 Å². The number of rotatable bonds is 4. The molecule has 0 atom stereocenters. The van der Waals surface area contributed by atoms with Crippen molar-refractivity contribution in [2.75, 3.05) is 7.05 Å². The van der Waals surface area contributed by atoms with E-state index in [0.29, 0.717) is 0 Å². The number of nitrogens with one attached hydrogen (secondary N) is 1. The van der Waals surface area contributed by atoms with Gasteiger partial charge in [0.25, 0.3) is 5.91 Å². The van der Waals surface area contributed by atoms with Crippen molar-refractivity contribution < 1.29 is 22.9 Å². The van der Waals surface area contributed by atoms with Crippen molar-refractivity contribution >= 4 is 22.9 Å². The predicted octanol–water partition coefficient (Wildman–Crippen LogP) is 2.37. The summed E-state index contributed by atoms with van der Waals surface area (Å²) in [5, 5.41) is 17.8. The fourth-order valence-corrected chi connectivity index (χ4v) is 2.62. The number of aromatic amines is 1. The first-order chi connectivity index (χ1) is 10.6. The number of aryl methyl sites for hydroxylation is 1. The van der Waals surface area contributed by atoms with E-state index in [-0.39, 0.29) is 17.2 Å². The Balaban J connectivity index is 2.18. The average molecular weight is 349 g/mol. The smallest absolute Gasteiger partial charge is 0.333 e. The Labute approximate surface area is 131 Å². The summed E-state index contributed by atoms with van der Waals surface area (Å²) in [4.78, 5) is 26.8. The molecule has 0 radical (unpaired) electrons. The van der Waals surface area contributed by atoms with Gasteiger partial charge >= 0.3 is 11.9 Å². The molecule has 23 heavy (non-hydrogen) atoms. The Morgan fingerprint density at radius 2 is 2.17 bits per heavy atom. The molecule has 2 aromatic heterocycles. The highest BCUT2D eigenvalue weighted by Crippen LogP contribution is 2.30. The number of nitrogens with zero attached hydrogens (tertiary/aromatic N) is 4. The normalized spacial score (nSPS) is 11.5. The van der Waals surface area contributed by atoms with Crippen molar-refractivity contribution in [3.05, 3.63) is 37.6 Å². The van der Waals surface area contributed by atoms with Crippen molar-refractivity contribution in [2.24, 2.45) is 0 Å². The molecule has 2 heterocycles. The third-order valence-electron chi connectivity index (χ3n) is 2.86. The second-order valence-corrected chi connectivity index (χ2v) is 5.53. The molecular formula is C11H10F3N5O3S. The standard InChI is InChI=1S/C11H10F3N5O3S/c1-5-9(19(21)22)8(17-16-5)10(20)18(2)3-7-15-6(4-23-7)11(12,13)14/h4H,3H2,1-2H3,(H,16,17). The third kappa shape index (κ3) is 3.47. The zero-order valence-electron chi connectivity index (χ0n) is 11.8. The molecule has 0 aliphatic rings. The van der Waals surface area contributed by atoms with Crippen LogP contribution in [0.15, 0.2) is 5.38 Å². The van der Waals surface area contributed by atoms with Gasteiger partial charge in [-0.1, -0.05) is 0 Å². The minimum Gasteiger partial charge on any atom is -0.333 e. The molecule has 124 valence electrons. The highest BCUT2D eigenvalue weighted by Gasteiger charge is 2.34. The van der Waals surface area contributed by atoms with Crippen molar-refractivity contribution in [1.29, 1.82) is 0 Å². The molecular weight excluding hydrogens is 339 g/mol. The molecule has 0 aliphatic heterocycles. The van der Waals surface area contributed by atoms with Gasteiger partial charge in [0.05, 0.1) is 11.5 Å². The second-order valence-electron chi connectivity index (χ2n) is 4.59. The Hall–Kier alpha value is -2.50. The van der Waals surface area contributed by atoms with E-state index in [1.807, 2.05) is 0 Å². The summed E-state index contributed by atoms with van der Waals surface area (Å²) in [5.41, 5.74) is -1.79. The van der Waals surface area contributed by atoms with Crippen molar-refractivity contribution in [3.63, 3.8) is 0 Å². The Kier molecular flexibility index (Phi) is 4.36. The van der Waals surface area contributed by atoms with E-state index in [4.69, 9.17) is 0 Å². The van der Waals surface area contributed by atoms with E-state index in [2.05, 4.69) is 15.2 Å². The quantitative estimate of drug-likeness (QED) is 0.674. The maximum atomic E-state index is 12.5. The number of nitro groups is 1. The molecule has 0 saturated heterocycles. The SMILES string of the molecule is Cc1[nH]nc(C(=O)N(C)Cc2nc(C(F)(F)F)cs2)c1[N+](=O)[O-]. The number of halogens is 3. The van der Waals surface area contributed by atoms with E-state index in [9.17, 15) is 28.1 Å². The lowest BCUT2D eigenvalue weighted by Gasteiger charge is -2.13. The van der Waals surface area contributed by atoms with Gasteiger partial charge in [-0.15, -0.1) is 11.3 Å². The Morgan fingerprint density at radius 1 is 1.52 bits per heavy atom. The van der Waals surface area contributed by atoms with E-state index in [1.165, 1.54) is 14.0 Å². The topological polar surface area (TPSA) is 105 Å². The number of amides is 1. The van der Waals surface area contributed by atoms with Crippen molar-refractivity contribution in [2.45, 2.75) is 19.6 Å². The van der Waals surface area contributed by atoms with E-state index in [1.54, 1.807) is 0 Å². The maximum Gasteiger partial charge on any atom is 0.434 e. The fraction of sp³-hybridized carbons (Fsp3) is 0.364. The minimum atomic E-state index is -4.56. The van der Waals surface area contributed by atoms with Gasteiger partial charge in [-0.2, -0.15) is 18.3 Å². The molecule has 1 N–H and O–H groups in total. The van der Waals surface area contributed by atoms with Crippen LogP contribution >= 0.6 is 11.3 Å². The molecule has 0 aromatic carbocycles. The lowest BCUT2D eigenvalue weighted by Crippen LogP contribution is -2.27. The van der Waals surface area contributed by atoms with Crippen LogP contribution in [0.1, 0.15) is 26.9 Å². The zero-order chi connectivity index (χ0) is 17.4. The van der Waals surface area contributed by atoms with Gasteiger partial charge in [-0.25, -0.2) is 4.98 Å². The second kappa shape index (κ2) is 5.95. The highest BCUT2D eigenvalue weighted by atomic mass is 32.1. The molecule has 0 aliphatic carbocycles. The highest BCUT2D eigenvalue weighted by molar-refractivity contribution is 7.09. The van der Waals surface area contributed by atoms with Gasteiger partial charge < -0.3 is 4.90 Å². The van der Waals surface area contributed by atoms with E-state index < -0.39 is 34.1 Å². The number of hydrogen-bond acceptors (Lipinski definition) is 6. The molecule has 0 saturated carbocycles. The first-order valence-electron chi connectivity index (χ1n) is 6.07. The summed E-state index contributed by atoms with van der Waals surface area (Å²) in [7, 11) is 1.30. The van der Waals surface area contributed by atoms with Crippen LogP contribution < -0.4 is 0 Å². The summed E-state index contributed by atoms with van der Waals surface area (Å²) in [6.07, 6.45) is -4.56. The van der Waals surface area contributed by atoms with E-state index in [0.717, 1.165) is 21.6 Å². The molecule has 2 rings (SSSR count). The number of aromatic nitrogens is 3. The summed E-state index contributed by atoms with van der Waals surface area (Å²) in [5.74, 6) is -0.787. The van der Waals surface area contributed by atoms with Gasteiger partial charge in [0.1, 0.15) is 10.7 Å². The molecule has 0 unspecified atom stereocenters. The van der Waals surface area contributed by atoms with Crippen LogP contribution in [0.4, 0.5) is 18.9 Å². The number of carbonyl (C=O) groups excluding carboxylic acids is 1. The maximum absolute atomic E-state index is 12.5. The van der Waals surface area contributed by atoms with Gasteiger partial charge in [-0.3, -0.25) is 20.0 Å². The van der Waals surface area contributed by atoms with Crippen LogP contribution in [0.25, 0.3) is 0 Å². The van der Waals surface area contributed by atoms with Crippen LogP contribution in [-0.4, -0.2) is 38.0 Å². The number of hydrogen-bond donors (Lipinski definition) is 1. The zero-order valence-corrected chi connectivity index (χ0v) is 12.7. The van der Waals surface area contributed by atoms with Crippen LogP contribution in [0.2, 0.25) is 0 Å². The van der Waals surface area contributed by atoms with Crippen LogP contribution in [0.5, 0.6) is 0 Å². The van der Waals surface area contributed by atoms with Gasteiger partial charge in [0.15, 0.2) is 5.69 Å². The predicted molar refractivity (Wildman–Crippen MR) is 72.9 cm³/mol. The first-order valence-corrected chi connectivity index (χ1v) is 6.95. The van der Waals surface area contributed by atoms with E-state index >= 15 is 0 Å². The largest absolute Gasteiger partial charge is 0.434 e. The molecule has 12 heteroatoms. The summed E-state index contributed by atoms with van der Waals surface area (Å²) >= 11 is 0.746.